The van der Waals surface area contributed by atoms with Crippen LogP contribution in [0.1, 0.15) is 17.5 Å². The molecule has 0 saturated heterocycles. The molecule has 0 radical (unpaired) electrons. The van der Waals surface area contributed by atoms with E-state index < -0.39 is 0 Å². The fourth-order valence-corrected chi connectivity index (χ4v) is 4.12. The molecule has 0 saturated carbocycles. The zero-order valence-electron chi connectivity index (χ0n) is 11.0. The summed E-state index contributed by atoms with van der Waals surface area (Å²) in [5.74, 6) is 0. The normalized spacial score (nSPS) is 17.9. The molecule has 1 N–H and O–H groups in total. The fraction of sp³-hybridized carbons (Fsp3) is 0.250. The third-order valence-electron chi connectivity index (χ3n) is 3.99. The van der Waals surface area contributed by atoms with Gasteiger partial charge >= 0.3 is 124 Å². The van der Waals surface area contributed by atoms with Crippen molar-refractivity contribution in [1.82, 2.24) is 7.96 Å². The van der Waals surface area contributed by atoms with Gasteiger partial charge in [0.2, 0.25) is 0 Å². The number of hydrogen-bond acceptors (Lipinski definition) is 3. The van der Waals surface area contributed by atoms with Crippen LogP contribution in [0.25, 0.3) is 11.0 Å². The van der Waals surface area contributed by atoms with E-state index in [0.717, 1.165) is 29.6 Å². The van der Waals surface area contributed by atoms with Gasteiger partial charge in [0.1, 0.15) is 0 Å². The third-order valence-corrected chi connectivity index (χ3v) is 5.13. The Bertz CT molecular complexity index is 750. The monoisotopic (exact) mass is 329 g/mol. The molecule has 1 heterocycles. The molecule has 0 fully saturated rings. The van der Waals surface area contributed by atoms with Crippen molar-refractivity contribution in [1.29, 1.82) is 0 Å². The van der Waals surface area contributed by atoms with E-state index in [1.165, 1.54) is 17.5 Å². The molecule has 0 aliphatic heterocycles. The predicted molar refractivity (Wildman–Crippen MR) is 82.4 cm³/mol. The number of hydrogen-bond donors (Lipinski definition) is 1. The van der Waals surface area contributed by atoms with Crippen molar-refractivity contribution in [3.8, 4) is 0 Å². The summed E-state index contributed by atoms with van der Waals surface area (Å²) in [6.45, 7) is 0. The van der Waals surface area contributed by atoms with E-state index in [-0.39, 0.29) is 15.0 Å². The summed E-state index contributed by atoms with van der Waals surface area (Å²) in [4.78, 5) is 0. The van der Waals surface area contributed by atoms with Crippen LogP contribution in [-0.4, -0.2) is 29.0 Å². The molecule has 0 spiro atoms. The molecule has 3 nitrogen and oxygen atoms in total. The second kappa shape index (κ2) is 5.04. The fourth-order valence-electron chi connectivity index (χ4n) is 2.96. The van der Waals surface area contributed by atoms with E-state index in [1.807, 2.05) is 0 Å². The average molecular weight is 328 g/mol. The van der Waals surface area contributed by atoms with Crippen molar-refractivity contribution in [3.05, 3.63) is 53.6 Å². The first-order chi connectivity index (χ1) is 9.90. The van der Waals surface area contributed by atoms with Crippen LogP contribution in [0.5, 0.6) is 0 Å². The van der Waals surface area contributed by atoms with Gasteiger partial charge in [-0.05, 0) is 0 Å². The van der Waals surface area contributed by atoms with Crippen LogP contribution in [-0.2, 0) is 12.8 Å². The number of rotatable bonds is 2. The number of nitrogens with one attached hydrogen (secondary N) is 1. The van der Waals surface area contributed by atoms with Crippen molar-refractivity contribution in [2.45, 2.75) is 25.3 Å². The molecule has 3 aromatic rings. The SMILES string of the molecule is c1ccc2c(c1)CCC(Nc1cccc3n[se]nc13)C2. The zero-order valence-corrected chi connectivity index (χ0v) is 12.8. The minimum absolute atomic E-state index is 0.0410. The molecule has 0 amide bonds. The second-order valence-electron chi connectivity index (χ2n) is 5.29. The van der Waals surface area contributed by atoms with Gasteiger partial charge < -0.3 is 0 Å². The average Bonchev–Trinajstić information content (AvgIpc) is 2.97. The van der Waals surface area contributed by atoms with E-state index in [2.05, 4.69) is 55.7 Å². The number of aryl methyl sites for hydroxylation is 1. The molecular formula is C16H15N3Se. The van der Waals surface area contributed by atoms with Crippen LogP contribution in [0, 0.1) is 0 Å². The summed E-state index contributed by atoms with van der Waals surface area (Å²) in [6, 6.07) is 15.5. The van der Waals surface area contributed by atoms with E-state index in [4.69, 9.17) is 0 Å². The van der Waals surface area contributed by atoms with Gasteiger partial charge in [0.25, 0.3) is 0 Å². The van der Waals surface area contributed by atoms with Crippen LogP contribution in [0.3, 0.4) is 0 Å². The van der Waals surface area contributed by atoms with E-state index in [9.17, 15) is 0 Å². The van der Waals surface area contributed by atoms with Crippen LogP contribution in [0.15, 0.2) is 42.5 Å². The Morgan fingerprint density at radius 3 is 2.85 bits per heavy atom. The van der Waals surface area contributed by atoms with E-state index in [0.29, 0.717) is 6.04 Å². The van der Waals surface area contributed by atoms with Crippen molar-refractivity contribution in [3.63, 3.8) is 0 Å². The first-order valence-corrected chi connectivity index (χ1v) is 8.48. The molecule has 100 valence electrons. The van der Waals surface area contributed by atoms with Crippen molar-refractivity contribution in [2.75, 3.05) is 5.32 Å². The maximum atomic E-state index is 4.54. The number of fused-ring (bicyclic) bond motifs is 2. The van der Waals surface area contributed by atoms with Crippen LogP contribution in [0.4, 0.5) is 5.69 Å². The quantitative estimate of drug-likeness (QED) is 0.735. The van der Waals surface area contributed by atoms with Crippen LogP contribution < -0.4 is 5.32 Å². The van der Waals surface area contributed by atoms with Gasteiger partial charge in [0, 0.05) is 0 Å². The molecule has 1 aliphatic carbocycles. The minimum atomic E-state index is 0.0410. The molecule has 4 rings (SSSR count). The second-order valence-corrected chi connectivity index (χ2v) is 6.40. The molecule has 4 heteroatoms. The Hall–Kier alpha value is -1.64. The number of anilines is 1. The van der Waals surface area contributed by atoms with Gasteiger partial charge in [-0.2, -0.15) is 0 Å². The van der Waals surface area contributed by atoms with Crippen molar-refractivity contribution in [2.24, 2.45) is 0 Å². The summed E-state index contributed by atoms with van der Waals surface area (Å²) in [5, 5.41) is 3.68. The Labute approximate surface area is 124 Å². The summed E-state index contributed by atoms with van der Waals surface area (Å²) in [7, 11) is 0. The van der Waals surface area contributed by atoms with Gasteiger partial charge in [-0.1, -0.05) is 0 Å². The summed E-state index contributed by atoms with van der Waals surface area (Å²) >= 11 is 0.0410. The predicted octanol–water partition coefficient (Wildman–Crippen LogP) is 2.66. The Morgan fingerprint density at radius 1 is 1.00 bits per heavy atom. The summed E-state index contributed by atoms with van der Waals surface area (Å²) in [5.41, 5.74) is 6.24. The Balaban J connectivity index is 1.60. The van der Waals surface area contributed by atoms with E-state index in [1.54, 1.807) is 0 Å². The van der Waals surface area contributed by atoms with Crippen molar-refractivity contribution < 1.29 is 0 Å². The van der Waals surface area contributed by atoms with Gasteiger partial charge in [-0.25, -0.2) is 0 Å². The Morgan fingerprint density at radius 2 is 1.90 bits per heavy atom. The van der Waals surface area contributed by atoms with E-state index >= 15 is 0 Å². The molecule has 2 aromatic carbocycles. The molecule has 1 atom stereocenters. The first kappa shape index (κ1) is 12.1. The number of aromatic nitrogens is 2. The molecule has 20 heavy (non-hydrogen) atoms. The van der Waals surface area contributed by atoms with Gasteiger partial charge in [-0.3, -0.25) is 0 Å². The molecular weight excluding hydrogens is 313 g/mol. The Kier molecular flexibility index (Phi) is 3.06. The first-order valence-electron chi connectivity index (χ1n) is 6.95. The molecule has 1 aliphatic rings. The molecule has 1 unspecified atom stereocenters. The van der Waals surface area contributed by atoms with Gasteiger partial charge in [-0.15, -0.1) is 0 Å². The number of benzene rings is 2. The maximum absolute atomic E-state index is 4.54. The summed E-state index contributed by atoms with van der Waals surface area (Å²) < 4.78 is 8.99. The number of nitrogens with zero attached hydrogens (tertiary/aromatic N) is 2. The van der Waals surface area contributed by atoms with Gasteiger partial charge in [0.15, 0.2) is 0 Å². The molecule has 0 bridgehead atoms. The molecule has 1 aromatic heterocycles. The van der Waals surface area contributed by atoms with Gasteiger partial charge in [0.05, 0.1) is 0 Å². The topological polar surface area (TPSA) is 37.8 Å². The van der Waals surface area contributed by atoms with Crippen molar-refractivity contribution >= 4 is 31.7 Å². The van der Waals surface area contributed by atoms with Crippen LogP contribution >= 0.6 is 0 Å². The summed E-state index contributed by atoms with van der Waals surface area (Å²) in [6.07, 6.45) is 3.44. The third kappa shape index (κ3) is 2.15. The zero-order chi connectivity index (χ0) is 13.4. The van der Waals surface area contributed by atoms with Crippen LogP contribution in [0.2, 0.25) is 0 Å². The standard InChI is InChI=1S/C16H15N3Se/c1-2-5-12-10-13(9-8-11(12)4-1)17-14-6-3-7-15-16(14)19-20-18-15/h1-7,13,17H,8-10H2.